The minimum Gasteiger partial charge on any atom is -0.493 e. The van der Waals surface area contributed by atoms with E-state index in [1.807, 2.05) is 39.0 Å². The summed E-state index contributed by atoms with van der Waals surface area (Å²) in [7, 11) is 1.34. The number of carbonyl (C=O) groups excluding carboxylic acids is 2. The van der Waals surface area contributed by atoms with Crippen molar-refractivity contribution in [2.45, 2.75) is 97.1 Å². The van der Waals surface area contributed by atoms with Crippen LogP contribution in [0, 0.1) is 5.92 Å². The third-order valence-corrected chi connectivity index (χ3v) is 7.83. The van der Waals surface area contributed by atoms with Crippen LogP contribution >= 0.6 is 0 Å². The Morgan fingerprint density at radius 1 is 1.07 bits per heavy atom. The van der Waals surface area contributed by atoms with E-state index in [4.69, 9.17) is 19.0 Å². The molecule has 8 nitrogen and oxygen atoms in total. The number of oxime groups is 1. The molecule has 0 heterocycles. The van der Waals surface area contributed by atoms with Gasteiger partial charge in [0.2, 0.25) is 0 Å². The maximum Gasteiger partial charge on any atom is 0.419 e. The molecule has 1 amide bonds. The zero-order valence-electron chi connectivity index (χ0n) is 26.7. The first-order chi connectivity index (χ1) is 21.3. The van der Waals surface area contributed by atoms with Crippen LogP contribution in [0.25, 0.3) is 0 Å². The van der Waals surface area contributed by atoms with E-state index in [0.717, 1.165) is 54.9 Å². The maximum absolute atomic E-state index is 13.7. The van der Waals surface area contributed by atoms with Crippen molar-refractivity contribution in [1.29, 1.82) is 0 Å². The second-order valence-corrected chi connectivity index (χ2v) is 12.7. The fourth-order valence-corrected chi connectivity index (χ4v) is 5.44. The van der Waals surface area contributed by atoms with Crippen LogP contribution in [0.2, 0.25) is 0 Å². The van der Waals surface area contributed by atoms with E-state index in [9.17, 15) is 22.8 Å². The molecule has 1 fully saturated rings. The van der Waals surface area contributed by atoms with E-state index in [0.29, 0.717) is 30.2 Å². The zero-order chi connectivity index (χ0) is 32.8. The SMILES string of the molecule is COC(=O)CCCN(C(=O)OC(C)(C)C)C1CCCc2c(/C(C)=N/OCc3ccc(OCC4CC4)c(C(F)(F)F)c3)cccc21. The Labute approximate surface area is 262 Å². The highest BCUT2D eigenvalue weighted by Gasteiger charge is 2.36. The third kappa shape index (κ3) is 9.61. The lowest BCUT2D eigenvalue weighted by Gasteiger charge is -2.37. The number of halogens is 3. The quantitative estimate of drug-likeness (QED) is 0.134. The Balaban J connectivity index is 1.51. The van der Waals surface area contributed by atoms with Crippen LogP contribution in [0.1, 0.15) is 100 Å². The van der Waals surface area contributed by atoms with Crippen LogP contribution < -0.4 is 4.74 Å². The second-order valence-electron chi connectivity index (χ2n) is 12.7. The number of rotatable bonds is 12. The van der Waals surface area contributed by atoms with E-state index in [-0.39, 0.29) is 37.4 Å². The van der Waals surface area contributed by atoms with Crippen LogP contribution in [-0.2, 0) is 38.3 Å². The van der Waals surface area contributed by atoms with Crippen molar-refractivity contribution in [3.63, 3.8) is 0 Å². The molecular formula is C34H43F3N2O6. The summed E-state index contributed by atoms with van der Waals surface area (Å²) < 4.78 is 57.2. The van der Waals surface area contributed by atoms with E-state index in [1.54, 1.807) is 17.9 Å². The van der Waals surface area contributed by atoms with Gasteiger partial charge in [-0.05, 0) is 101 Å². The van der Waals surface area contributed by atoms with Gasteiger partial charge in [0, 0.05) is 18.5 Å². The molecule has 2 aliphatic carbocycles. The molecule has 2 aromatic rings. The molecule has 246 valence electrons. The van der Waals surface area contributed by atoms with Gasteiger partial charge in [0.25, 0.3) is 0 Å². The van der Waals surface area contributed by atoms with Gasteiger partial charge in [0.15, 0.2) is 0 Å². The fourth-order valence-electron chi connectivity index (χ4n) is 5.44. The highest BCUT2D eigenvalue weighted by molar-refractivity contribution is 6.00. The number of carbonyl (C=O) groups is 2. The summed E-state index contributed by atoms with van der Waals surface area (Å²) >= 11 is 0. The zero-order valence-corrected chi connectivity index (χ0v) is 26.7. The highest BCUT2D eigenvalue weighted by Crippen LogP contribution is 2.39. The van der Waals surface area contributed by atoms with Gasteiger partial charge in [0.05, 0.1) is 31.0 Å². The van der Waals surface area contributed by atoms with E-state index in [2.05, 4.69) is 5.16 Å². The van der Waals surface area contributed by atoms with Crippen molar-refractivity contribution >= 4 is 17.8 Å². The topological polar surface area (TPSA) is 86.7 Å². The Morgan fingerprint density at radius 2 is 1.82 bits per heavy atom. The van der Waals surface area contributed by atoms with Crippen molar-refractivity contribution in [2.75, 3.05) is 20.3 Å². The van der Waals surface area contributed by atoms with Gasteiger partial charge in [-0.1, -0.05) is 29.4 Å². The fraction of sp³-hybridized carbons (Fsp3) is 0.559. The molecular weight excluding hydrogens is 589 g/mol. The summed E-state index contributed by atoms with van der Waals surface area (Å²) in [5.41, 5.74) is 2.22. The molecule has 1 saturated carbocycles. The smallest absolute Gasteiger partial charge is 0.419 e. The van der Waals surface area contributed by atoms with Gasteiger partial charge in [-0.15, -0.1) is 0 Å². The van der Waals surface area contributed by atoms with Gasteiger partial charge < -0.3 is 23.9 Å². The standard InChI is InChI=1S/C34H43F3N2O6/c1-22(38-44-21-24-16-17-30(43-20-23-14-15-23)28(19-24)34(35,36)37)25-9-6-11-27-26(25)10-7-12-29(27)39(18-8-13-31(40)42-5)32(41)45-33(2,3)4/h6,9,11,16-17,19,23,29H,7-8,10,12-15,18,20-21H2,1-5H3/b38-22+. The molecule has 0 bridgehead atoms. The Morgan fingerprint density at radius 3 is 2.49 bits per heavy atom. The summed E-state index contributed by atoms with van der Waals surface area (Å²) in [4.78, 5) is 32.3. The number of amides is 1. The number of ether oxygens (including phenoxy) is 3. The maximum atomic E-state index is 13.7. The molecule has 2 aliphatic rings. The van der Waals surface area contributed by atoms with E-state index < -0.39 is 23.4 Å². The summed E-state index contributed by atoms with van der Waals surface area (Å²) in [5, 5.41) is 4.26. The molecule has 0 spiro atoms. The first-order valence-corrected chi connectivity index (χ1v) is 15.4. The summed E-state index contributed by atoms with van der Waals surface area (Å²) in [6.07, 6.45) is -0.141. The molecule has 0 radical (unpaired) electrons. The molecule has 0 saturated heterocycles. The minimum atomic E-state index is -4.56. The number of alkyl halides is 3. The van der Waals surface area contributed by atoms with Gasteiger partial charge in [-0.2, -0.15) is 13.2 Å². The van der Waals surface area contributed by atoms with E-state index >= 15 is 0 Å². The van der Waals surface area contributed by atoms with Crippen LogP contribution in [0.5, 0.6) is 5.75 Å². The number of methoxy groups -OCH3 is 1. The summed E-state index contributed by atoms with van der Waals surface area (Å²) in [6.45, 7) is 7.68. The average Bonchev–Trinajstić information content (AvgIpc) is 3.81. The van der Waals surface area contributed by atoms with Crippen molar-refractivity contribution in [3.05, 3.63) is 64.2 Å². The number of esters is 1. The van der Waals surface area contributed by atoms with Gasteiger partial charge in [0.1, 0.15) is 18.0 Å². The first-order valence-electron chi connectivity index (χ1n) is 15.4. The third-order valence-electron chi connectivity index (χ3n) is 7.83. The van der Waals surface area contributed by atoms with Crippen molar-refractivity contribution in [1.82, 2.24) is 4.90 Å². The lowest BCUT2D eigenvalue weighted by molar-refractivity contribution is -0.141. The molecule has 0 aliphatic heterocycles. The Kier molecular flexibility index (Phi) is 11.0. The molecule has 1 atom stereocenters. The molecule has 1 unspecified atom stereocenters. The number of hydrogen-bond acceptors (Lipinski definition) is 7. The molecule has 2 aromatic carbocycles. The van der Waals surface area contributed by atoms with Crippen molar-refractivity contribution in [3.8, 4) is 5.75 Å². The molecule has 0 N–H and O–H groups in total. The second kappa shape index (κ2) is 14.6. The van der Waals surface area contributed by atoms with Crippen LogP contribution in [0.4, 0.5) is 18.0 Å². The Hall–Kier alpha value is -3.76. The Bertz CT molecular complexity index is 1380. The van der Waals surface area contributed by atoms with Crippen molar-refractivity contribution < 1.29 is 41.8 Å². The van der Waals surface area contributed by atoms with Gasteiger partial charge in [-0.25, -0.2) is 4.79 Å². The van der Waals surface area contributed by atoms with Crippen LogP contribution in [0.15, 0.2) is 41.6 Å². The highest BCUT2D eigenvalue weighted by atomic mass is 19.4. The number of benzene rings is 2. The molecule has 45 heavy (non-hydrogen) atoms. The average molecular weight is 633 g/mol. The van der Waals surface area contributed by atoms with E-state index in [1.165, 1.54) is 13.2 Å². The number of fused-ring (bicyclic) bond motifs is 1. The predicted molar refractivity (Wildman–Crippen MR) is 163 cm³/mol. The normalized spacial score (nSPS) is 16.9. The minimum absolute atomic E-state index is 0.145. The monoisotopic (exact) mass is 632 g/mol. The lowest BCUT2D eigenvalue weighted by atomic mass is 9.83. The van der Waals surface area contributed by atoms with Gasteiger partial charge in [-0.3, -0.25) is 4.79 Å². The molecule has 4 rings (SSSR count). The van der Waals surface area contributed by atoms with Gasteiger partial charge >= 0.3 is 18.2 Å². The number of nitrogens with zero attached hydrogens (tertiary/aromatic N) is 2. The predicted octanol–water partition coefficient (Wildman–Crippen LogP) is 8.00. The first kappa shape index (κ1) is 34.1. The van der Waals surface area contributed by atoms with Crippen LogP contribution in [0.3, 0.4) is 0 Å². The summed E-state index contributed by atoms with van der Waals surface area (Å²) in [5.74, 6) is -0.184. The van der Waals surface area contributed by atoms with Crippen molar-refractivity contribution in [2.24, 2.45) is 11.1 Å². The largest absolute Gasteiger partial charge is 0.493 e. The lowest BCUT2D eigenvalue weighted by Crippen LogP contribution is -2.41. The number of hydrogen-bond donors (Lipinski definition) is 0. The summed E-state index contributed by atoms with van der Waals surface area (Å²) in [6, 6.07) is 9.48. The van der Waals surface area contributed by atoms with Crippen LogP contribution in [-0.4, -0.2) is 48.5 Å². The molecule has 0 aromatic heterocycles. The molecule has 11 heteroatoms.